The molecule has 0 radical (unpaired) electrons. The van der Waals surface area contributed by atoms with Crippen LogP contribution in [0.4, 0.5) is 0 Å². The minimum absolute atomic E-state index is 0.115. The SMILES string of the molecule is CC1(C)c2ccccc2Oc2cc(-c3cccc4c3C(C)(c3ccccc3)c3ccccc3-4)ccc21. The van der Waals surface area contributed by atoms with Gasteiger partial charge in [-0.25, -0.2) is 0 Å². The van der Waals surface area contributed by atoms with Crippen LogP contribution < -0.4 is 4.74 Å². The van der Waals surface area contributed by atoms with Gasteiger partial charge in [0.15, 0.2) is 0 Å². The summed E-state index contributed by atoms with van der Waals surface area (Å²) < 4.78 is 6.49. The summed E-state index contributed by atoms with van der Waals surface area (Å²) in [4.78, 5) is 0. The summed E-state index contributed by atoms with van der Waals surface area (Å²) in [5.41, 5.74) is 11.2. The lowest BCUT2D eigenvalue weighted by Crippen LogP contribution is -2.24. The average Bonchev–Trinajstić information content (AvgIpc) is 3.19. The second-order valence-corrected chi connectivity index (χ2v) is 10.7. The second kappa shape index (κ2) is 7.45. The van der Waals surface area contributed by atoms with Crippen molar-refractivity contribution < 1.29 is 4.74 Å². The van der Waals surface area contributed by atoms with E-state index in [0.717, 1.165) is 11.5 Å². The Balaban J connectivity index is 1.46. The summed E-state index contributed by atoms with van der Waals surface area (Å²) >= 11 is 0. The molecule has 5 aromatic carbocycles. The molecular weight excluding hydrogens is 436 g/mol. The van der Waals surface area contributed by atoms with Gasteiger partial charge in [-0.1, -0.05) is 117 Å². The van der Waals surface area contributed by atoms with E-state index in [0.29, 0.717) is 0 Å². The molecular formula is C35H28O. The highest BCUT2D eigenvalue weighted by Crippen LogP contribution is 2.56. The Hall–Kier alpha value is -4.10. The van der Waals surface area contributed by atoms with Crippen LogP contribution >= 0.6 is 0 Å². The van der Waals surface area contributed by atoms with E-state index in [9.17, 15) is 0 Å². The Kier molecular flexibility index (Phi) is 4.39. The zero-order valence-corrected chi connectivity index (χ0v) is 20.9. The third-order valence-corrected chi connectivity index (χ3v) is 8.42. The Morgan fingerprint density at radius 2 is 1.14 bits per heavy atom. The minimum Gasteiger partial charge on any atom is -0.457 e. The molecule has 1 nitrogen and oxygen atoms in total. The highest BCUT2D eigenvalue weighted by atomic mass is 16.5. The van der Waals surface area contributed by atoms with E-state index in [2.05, 4.69) is 136 Å². The number of ether oxygens (including phenoxy) is 1. The molecule has 0 saturated heterocycles. The van der Waals surface area contributed by atoms with Crippen molar-refractivity contribution in [2.45, 2.75) is 31.6 Å². The molecule has 1 aliphatic heterocycles. The Morgan fingerprint density at radius 3 is 1.97 bits per heavy atom. The van der Waals surface area contributed by atoms with Gasteiger partial charge in [0, 0.05) is 22.0 Å². The molecule has 36 heavy (non-hydrogen) atoms. The van der Waals surface area contributed by atoms with E-state index in [-0.39, 0.29) is 10.8 Å². The highest BCUT2D eigenvalue weighted by Gasteiger charge is 2.42. The van der Waals surface area contributed by atoms with Gasteiger partial charge in [-0.05, 0) is 58.0 Å². The minimum atomic E-state index is -0.244. The Bertz CT molecular complexity index is 1640. The number of para-hydroxylation sites is 1. The van der Waals surface area contributed by atoms with Crippen molar-refractivity contribution in [1.29, 1.82) is 0 Å². The van der Waals surface area contributed by atoms with Crippen molar-refractivity contribution >= 4 is 0 Å². The quantitative estimate of drug-likeness (QED) is 0.253. The Morgan fingerprint density at radius 1 is 0.500 bits per heavy atom. The number of fused-ring (bicyclic) bond motifs is 5. The topological polar surface area (TPSA) is 9.23 Å². The molecule has 2 aliphatic rings. The standard InChI is InChI=1S/C35H28O/c1-34(2)29-18-9-10-19-31(29)36-32-22-23(20-21-30(32)34)25-15-11-16-27-26-14-7-8-17-28(26)35(3,33(25)27)24-12-5-4-6-13-24/h4-22H,1-3H3. The largest absolute Gasteiger partial charge is 0.457 e. The highest BCUT2D eigenvalue weighted by molar-refractivity contribution is 5.90. The molecule has 1 atom stereocenters. The number of benzene rings is 5. The fraction of sp³-hybridized carbons (Fsp3) is 0.143. The van der Waals surface area contributed by atoms with Crippen LogP contribution in [0, 0.1) is 0 Å². The van der Waals surface area contributed by atoms with Crippen LogP contribution in [0.1, 0.15) is 48.6 Å². The van der Waals surface area contributed by atoms with Gasteiger partial charge in [-0.15, -0.1) is 0 Å². The van der Waals surface area contributed by atoms with Crippen molar-refractivity contribution in [3.05, 3.63) is 143 Å². The summed E-state index contributed by atoms with van der Waals surface area (Å²) in [6, 6.07) is 41.7. The molecule has 0 aromatic heterocycles. The zero-order chi connectivity index (χ0) is 24.5. The molecule has 0 saturated carbocycles. The lowest BCUT2D eigenvalue weighted by Gasteiger charge is -2.35. The summed E-state index contributed by atoms with van der Waals surface area (Å²) in [5.74, 6) is 1.90. The monoisotopic (exact) mass is 464 g/mol. The van der Waals surface area contributed by atoms with Gasteiger partial charge >= 0.3 is 0 Å². The molecule has 1 heteroatoms. The van der Waals surface area contributed by atoms with Crippen LogP contribution in [0.5, 0.6) is 11.5 Å². The van der Waals surface area contributed by atoms with Gasteiger partial charge in [0.2, 0.25) is 0 Å². The van der Waals surface area contributed by atoms with Gasteiger partial charge in [-0.3, -0.25) is 0 Å². The van der Waals surface area contributed by atoms with Crippen LogP contribution in [-0.4, -0.2) is 0 Å². The van der Waals surface area contributed by atoms with Crippen molar-refractivity contribution in [1.82, 2.24) is 0 Å². The Labute approximate surface area is 213 Å². The maximum absolute atomic E-state index is 6.49. The summed E-state index contributed by atoms with van der Waals surface area (Å²) in [5, 5.41) is 0. The van der Waals surface area contributed by atoms with E-state index in [1.165, 1.54) is 50.1 Å². The van der Waals surface area contributed by atoms with Gasteiger partial charge in [0.05, 0.1) is 0 Å². The fourth-order valence-electron chi connectivity index (χ4n) is 6.54. The molecule has 0 amide bonds. The number of hydrogen-bond donors (Lipinski definition) is 0. The average molecular weight is 465 g/mol. The number of hydrogen-bond acceptors (Lipinski definition) is 1. The summed E-state index contributed by atoms with van der Waals surface area (Å²) in [7, 11) is 0. The molecule has 1 heterocycles. The van der Waals surface area contributed by atoms with E-state index >= 15 is 0 Å². The first-order valence-electron chi connectivity index (χ1n) is 12.7. The smallest absolute Gasteiger partial charge is 0.132 e. The van der Waals surface area contributed by atoms with Crippen LogP contribution in [0.15, 0.2) is 115 Å². The molecule has 5 aromatic rings. The third kappa shape index (κ3) is 2.77. The van der Waals surface area contributed by atoms with Crippen LogP contribution in [0.25, 0.3) is 22.3 Å². The maximum Gasteiger partial charge on any atom is 0.132 e. The predicted octanol–water partition coefficient (Wildman–Crippen LogP) is 9.12. The van der Waals surface area contributed by atoms with E-state index in [1.54, 1.807) is 0 Å². The van der Waals surface area contributed by atoms with Gasteiger partial charge in [0.1, 0.15) is 11.5 Å². The van der Waals surface area contributed by atoms with Gasteiger partial charge < -0.3 is 4.74 Å². The molecule has 0 bridgehead atoms. The molecule has 0 N–H and O–H groups in total. The molecule has 0 fully saturated rings. The predicted molar refractivity (Wildman–Crippen MR) is 148 cm³/mol. The molecule has 174 valence electrons. The lowest BCUT2D eigenvalue weighted by molar-refractivity contribution is 0.418. The van der Waals surface area contributed by atoms with Crippen LogP contribution in [0.2, 0.25) is 0 Å². The summed E-state index contributed by atoms with van der Waals surface area (Å²) in [6.45, 7) is 6.96. The normalized spacial score (nSPS) is 18.4. The maximum atomic E-state index is 6.49. The zero-order valence-electron chi connectivity index (χ0n) is 20.9. The second-order valence-electron chi connectivity index (χ2n) is 10.7. The molecule has 7 rings (SSSR count). The van der Waals surface area contributed by atoms with E-state index in [1.807, 2.05) is 0 Å². The first-order valence-corrected chi connectivity index (χ1v) is 12.7. The first kappa shape index (κ1) is 21.2. The van der Waals surface area contributed by atoms with Crippen molar-refractivity contribution in [2.75, 3.05) is 0 Å². The molecule has 0 spiro atoms. The van der Waals surface area contributed by atoms with E-state index in [4.69, 9.17) is 4.74 Å². The first-order chi connectivity index (χ1) is 17.5. The van der Waals surface area contributed by atoms with E-state index < -0.39 is 0 Å². The van der Waals surface area contributed by atoms with Gasteiger partial charge in [0.25, 0.3) is 0 Å². The van der Waals surface area contributed by atoms with Crippen molar-refractivity contribution in [3.63, 3.8) is 0 Å². The van der Waals surface area contributed by atoms with Crippen LogP contribution in [-0.2, 0) is 10.8 Å². The molecule has 1 unspecified atom stereocenters. The van der Waals surface area contributed by atoms with Gasteiger partial charge in [-0.2, -0.15) is 0 Å². The lowest BCUT2D eigenvalue weighted by atomic mass is 9.71. The van der Waals surface area contributed by atoms with Crippen molar-refractivity contribution in [2.24, 2.45) is 0 Å². The van der Waals surface area contributed by atoms with Crippen molar-refractivity contribution in [3.8, 4) is 33.8 Å². The number of rotatable bonds is 2. The fourth-order valence-corrected chi connectivity index (χ4v) is 6.54. The third-order valence-electron chi connectivity index (χ3n) is 8.42. The molecule has 1 aliphatic carbocycles. The van der Waals surface area contributed by atoms with Crippen LogP contribution in [0.3, 0.4) is 0 Å². The summed E-state index contributed by atoms with van der Waals surface area (Å²) in [6.07, 6.45) is 0.